The van der Waals surface area contributed by atoms with E-state index in [0.717, 1.165) is 11.1 Å². The Morgan fingerprint density at radius 2 is 0.769 bits per heavy atom. The van der Waals surface area contributed by atoms with Gasteiger partial charge in [-0.15, -0.1) is 0 Å². The number of fused-ring (bicyclic) bond motifs is 1. The Kier molecular flexibility index (Phi) is 9.10. The largest absolute Gasteiger partial charge is 0.507 e. The predicted molar refractivity (Wildman–Crippen MR) is 204 cm³/mol. The summed E-state index contributed by atoms with van der Waals surface area (Å²) in [6, 6.07) is 22.3. The fourth-order valence-electron chi connectivity index (χ4n) is 6.39. The standard InChI is InChI=1S/C40H38N2O8S2/c1-21-11-15-27(16-12-21)51(47,48)41-31-19-23(3)37(43)33(25(31)5)35-29-9-7-8-10-30(29)36(40(46)39(35)45)34-26(6)32(20-24(4)38(34)44)42-52(49,50)28-17-13-22(2)14-18-28/h7-20,41-46H,1-6H3. The van der Waals surface area contributed by atoms with Gasteiger partial charge in [-0.3, -0.25) is 9.44 Å². The molecule has 0 amide bonds. The Bertz CT molecular complexity index is 2450. The Labute approximate surface area is 302 Å². The number of aryl methyl sites for hydroxylation is 4. The molecule has 0 bridgehead atoms. The average Bonchev–Trinajstić information content (AvgIpc) is 3.09. The van der Waals surface area contributed by atoms with Crippen molar-refractivity contribution in [2.75, 3.05) is 9.44 Å². The van der Waals surface area contributed by atoms with Gasteiger partial charge in [-0.1, -0.05) is 59.7 Å². The molecule has 6 rings (SSSR count). The van der Waals surface area contributed by atoms with E-state index in [1.807, 2.05) is 13.8 Å². The molecule has 6 aromatic rings. The zero-order valence-electron chi connectivity index (χ0n) is 29.3. The van der Waals surface area contributed by atoms with E-state index < -0.39 is 31.5 Å². The number of phenolic OH excluding ortho intramolecular Hbond substituents is 4. The number of hydrogen-bond donors (Lipinski definition) is 6. The smallest absolute Gasteiger partial charge is 0.261 e. The summed E-state index contributed by atoms with van der Waals surface area (Å²) in [5.41, 5.74) is 3.41. The lowest BCUT2D eigenvalue weighted by molar-refractivity contribution is 0.406. The van der Waals surface area contributed by atoms with E-state index in [4.69, 9.17) is 0 Å². The molecule has 6 N–H and O–H groups in total. The third-order valence-corrected chi connectivity index (χ3v) is 12.1. The van der Waals surface area contributed by atoms with Gasteiger partial charge in [-0.25, -0.2) is 16.8 Å². The van der Waals surface area contributed by atoms with Gasteiger partial charge in [0.1, 0.15) is 11.5 Å². The van der Waals surface area contributed by atoms with E-state index in [9.17, 15) is 37.3 Å². The fraction of sp³-hybridized carbons (Fsp3) is 0.150. The van der Waals surface area contributed by atoms with Crippen LogP contribution in [0.3, 0.4) is 0 Å². The average molecular weight is 739 g/mol. The van der Waals surface area contributed by atoms with Crippen LogP contribution in [0.5, 0.6) is 23.0 Å². The molecular formula is C40H38N2O8S2. The number of nitrogens with one attached hydrogen (secondary N) is 2. The van der Waals surface area contributed by atoms with Crippen molar-refractivity contribution in [3.63, 3.8) is 0 Å². The normalized spacial score (nSPS) is 11.9. The van der Waals surface area contributed by atoms with Crippen molar-refractivity contribution in [3.8, 4) is 45.3 Å². The summed E-state index contributed by atoms with van der Waals surface area (Å²) in [7, 11) is -8.11. The molecule has 0 aromatic heterocycles. The van der Waals surface area contributed by atoms with Crippen LogP contribution < -0.4 is 9.44 Å². The monoisotopic (exact) mass is 738 g/mol. The molecule has 0 aliphatic carbocycles. The van der Waals surface area contributed by atoms with Crippen LogP contribution in [0.25, 0.3) is 33.0 Å². The van der Waals surface area contributed by atoms with Crippen molar-refractivity contribution in [3.05, 3.63) is 118 Å². The third-order valence-electron chi connectivity index (χ3n) is 9.32. The van der Waals surface area contributed by atoms with Crippen molar-refractivity contribution in [2.45, 2.75) is 51.3 Å². The van der Waals surface area contributed by atoms with Crippen molar-refractivity contribution >= 4 is 42.2 Å². The van der Waals surface area contributed by atoms with Crippen molar-refractivity contribution in [1.29, 1.82) is 0 Å². The summed E-state index contributed by atoms with van der Waals surface area (Å²) in [5, 5.41) is 47.3. The molecule has 0 saturated heterocycles. The van der Waals surface area contributed by atoms with Gasteiger partial charge in [0.05, 0.1) is 21.2 Å². The van der Waals surface area contributed by atoms with E-state index in [1.54, 1.807) is 76.2 Å². The first-order chi connectivity index (χ1) is 24.4. The highest BCUT2D eigenvalue weighted by atomic mass is 32.2. The quantitative estimate of drug-likeness (QED) is 0.0667. The van der Waals surface area contributed by atoms with Gasteiger partial charge in [-0.2, -0.15) is 0 Å². The lowest BCUT2D eigenvalue weighted by Crippen LogP contribution is -2.14. The zero-order chi connectivity index (χ0) is 37.9. The van der Waals surface area contributed by atoms with Gasteiger partial charge < -0.3 is 20.4 Å². The lowest BCUT2D eigenvalue weighted by Gasteiger charge is -2.23. The summed E-state index contributed by atoms with van der Waals surface area (Å²) in [4.78, 5) is 0.0721. The Balaban J connectivity index is 1.57. The molecule has 0 aliphatic heterocycles. The van der Waals surface area contributed by atoms with Crippen molar-refractivity contribution in [2.24, 2.45) is 0 Å². The molecule has 268 valence electrons. The number of aromatic hydroxyl groups is 4. The van der Waals surface area contributed by atoms with Gasteiger partial charge in [0.25, 0.3) is 20.0 Å². The third kappa shape index (κ3) is 6.24. The molecule has 0 atom stereocenters. The number of hydrogen-bond acceptors (Lipinski definition) is 8. The number of anilines is 2. The van der Waals surface area contributed by atoms with Crippen molar-refractivity contribution in [1.82, 2.24) is 0 Å². The topological polar surface area (TPSA) is 173 Å². The number of sulfonamides is 2. The second kappa shape index (κ2) is 13.1. The number of phenols is 4. The molecular weight excluding hydrogens is 701 g/mol. The SMILES string of the molecule is Cc1ccc(S(=O)(=O)Nc2cc(C)c(O)c(-c3c(O)c(O)c(-c4c(C)c(NS(=O)(=O)c5ccc(C)cc5)cc(C)c4O)c4ccccc34)c2C)cc1. The summed E-state index contributed by atoms with van der Waals surface area (Å²) < 4.78 is 58.9. The van der Waals surface area contributed by atoms with Crippen LogP contribution in [0.4, 0.5) is 11.4 Å². The second-order valence-electron chi connectivity index (χ2n) is 13.0. The molecule has 0 saturated carbocycles. The van der Waals surface area contributed by atoms with Crippen LogP contribution in [0.1, 0.15) is 33.4 Å². The van der Waals surface area contributed by atoms with Gasteiger partial charge in [-0.05, 0) is 111 Å². The first-order valence-corrected chi connectivity index (χ1v) is 19.2. The van der Waals surface area contributed by atoms with Crippen LogP contribution in [0.2, 0.25) is 0 Å². The van der Waals surface area contributed by atoms with Gasteiger partial charge in [0.15, 0.2) is 11.5 Å². The molecule has 0 aliphatic rings. The molecule has 52 heavy (non-hydrogen) atoms. The minimum Gasteiger partial charge on any atom is -0.507 e. The summed E-state index contributed by atoms with van der Waals surface area (Å²) >= 11 is 0. The van der Waals surface area contributed by atoms with Gasteiger partial charge in [0.2, 0.25) is 0 Å². The maximum atomic E-state index is 13.4. The highest BCUT2D eigenvalue weighted by molar-refractivity contribution is 7.93. The van der Waals surface area contributed by atoms with E-state index in [1.165, 1.54) is 36.4 Å². The van der Waals surface area contributed by atoms with Crippen molar-refractivity contribution < 1.29 is 37.3 Å². The molecule has 0 fully saturated rings. The van der Waals surface area contributed by atoms with Crippen LogP contribution in [0.15, 0.2) is 94.7 Å². The van der Waals surface area contributed by atoms with Gasteiger partial charge in [0, 0.05) is 22.3 Å². The Morgan fingerprint density at radius 1 is 0.442 bits per heavy atom. The van der Waals surface area contributed by atoms with E-state index in [-0.39, 0.29) is 66.0 Å². The van der Waals surface area contributed by atoms with Gasteiger partial charge >= 0.3 is 0 Å². The Hall–Kier alpha value is -5.72. The zero-order valence-corrected chi connectivity index (χ0v) is 31.0. The number of rotatable bonds is 8. The Morgan fingerprint density at radius 3 is 1.10 bits per heavy atom. The summed E-state index contributed by atoms with van der Waals surface area (Å²) in [5.74, 6) is -1.78. The molecule has 6 aromatic carbocycles. The van der Waals surface area contributed by atoms with E-state index in [2.05, 4.69) is 9.44 Å². The molecule has 0 radical (unpaired) electrons. The highest BCUT2D eigenvalue weighted by Crippen LogP contribution is 2.55. The lowest BCUT2D eigenvalue weighted by atomic mass is 9.85. The van der Waals surface area contributed by atoms with Crippen LogP contribution in [-0.2, 0) is 20.0 Å². The highest BCUT2D eigenvalue weighted by Gasteiger charge is 2.29. The van der Waals surface area contributed by atoms with Crippen LogP contribution in [-0.4, -0.2) is 37.3 Å². The molecule has 12 heteroatoms. The first kappa shape index (κ1) is 36.1. The number of benzene rings is 6. The minimum atomic E-state index is -4.06. The second-order valence-corrected chi connectivity index (χ2v) is 16.4. The maximum Gasteiger partial charge on any atom is 0.261 e. The summed E-state index contributed by atoms with van der Waals surface area (Å²) in [6.07, 6.45) is 0. The molecule has 10 nitrogen and oxygen atoms in total. The van der Waals surface area contributed by atoms with E-state index >= 15 is 0 Å². The molecule has 0 heterocycles. The molecule has 0 spiro atoms. The van der Waals surface area contributed by atoms with E-state index in [0.29, 0.717) is 21.9 Å². The predicted octanol–water partition coefficient (Wildman–Crippen LogP) is 8.45. The minimum absolute atomic E-state index is 0.0245. The first-order valence-electron chi connectivity index (χ1n) is 16.3. The van der Waals surface area contributed by atoms with Crippen LogP contribution >= 0.6 is 0 Å². The maximum absolute atomic E-state index is 13.4. The molecule has 0 unspecified atom stereocenters. The van der Waals surface area contributed by atoms with Crippen LogP contribution in [0, 0.1) is 41.5 Å². The fourth-order valence-corrected chi connectivity index (χ4v) is 8.62. The summed E-state index contributed by atoms with van der Waals surface area (Å²) in [6.45, 7) is 10.0.